The van der Waals surface area contributed by atoms with Crippen LogP contribution >= 0.6 is 0 Å². The van der Waals surface area contributed by atoms with Gasteiger partial charge in [-0.25, -0.2) is 12.8 Å². The van der Waals surface area contributed by atoms with Gasteiger partial charge in [0.15, 0.2) is 0 Å². The molecule has 0 atom stereocenters. The number of hydrogen-bond acceptors (Lipinski definition) is 6. The summed E-state index contributed by atoms with van der Waals surface area (Å²) in [5, 5.41) is 0. The largest absolute Gasteiger partial charge is 0.493 e. The topological polar surface area (TPSA) is 90.0 Å². The summed E-state index contributed by atoms with van der Waals surface area (Å²) in [6.07, 6.45) is 0.621. The van der Waals surface area contributed by atoms with Gasteiger partial charge in [0.2, 0.25) is 0 Å². The molecule has 162 valence electrons. The van der Waals surface area contributed by atoms with Gasteiger partial charge in [0.25, 0.3) is 10.0 Å². The predicted octanol–water partition coefficient (Wildman–Crippen LogP) is 3.35. The molecule has 0 amide bonds. The zero-order chi connectivity index (χ0) is 22.2. The lowest BCUT2D eigenvalue weighted by Crippen LogP contribution is -2.27. The summed E-state index contributed by atoms with van der Waals surface area (Å²) in [5.41, 5.74) is 1.00. The molecule has 4 rings (SSSR count). The number of rotatable bonds is 6. The van der Waals surface area contributed by atoms with E-state index in [0.717, 1.165) is 15.9 Å². The maximum Gasteiger partial charge on any atom is 0.339 e. The van der Waals surface area contributed by atoms with Crippen molar-refractivity contribution in [1.82, 2.24) is 0 Å². The van der Waals surface area contributed by atoms with E-state index in [1.165, 1.54) is 61.6 Å². The quantitative estimate of drug-likeness (QED) is 0.521. The third-order valence-electron chi connectivity index (χ3n) is 4.83. The highest BCUT2D eigenvalue weighted by Crippen LogP contribution is 2.30. The average molecular weight is 464 g/mol. The van der Waals surface area contributed by atoms with Gasteiger partial charge in [0.1, 0.15) is 27.1 Å². The van der Waals surface area contributed by atoms with Crippen LogP contribution in [0.4, 0.5) is 10.1 Å². The van der Waals surface area contributed by atoms with Crippen molar-refractivity contribution in [3.05, 3.63) is 78.1 Å². The van der Waals surface area contributed by atoms with Crippen molar-refractivity contribution < 1.29 is 30.1 Å². The fourth-order valence-electron chi connectivity index (χ4n) is 3.15. The van der Waals surface area contributed by atoms with E-state index in [1.54, 1.807) is 6.07 Å². The first-order valence-corrected chi connectivity index (χ1v) is 12.1. The molecule has 0 unspecified atom stereocenters. The predicted molar refractivity (Wildman–Crippen MR) is 112 cm³/mol. The van der Waals surface area contributed by atoms with Crippen LogP contribution in [-0.4, -0.2) is 30.5 Å². The summed E-state index contributed by atoms with van der Waals surface area (Å²) in [7, 11) is -6.94. The monoisotopic (exact) mass is 463 g/mol. The van der Waals surface area contributed by atoms with Crippen LogP contribution in [0.15, 0.2) is 76.5 Å². The molecule has 7 nitrogen and oxygen atoms in total. The number of halogens is 1. The Bertz CT molecular complexity index is 1340. The normalized spacial score (nSPS) is 13.4. The highest BCUT2D eigenvalue weighted by atomic mass is 32.2. The van der Waals surface area contributed by atoms with E-state index >= 15 is 0 Å². The van der Waals surface area contributed by atoms with Crippen molar-refractivity contribution in [2.45, 2.75) is 16.2 Å². The summed E-state index contributed by atoms with van der Waals surface area (Å²) < 4.78 is 76.0. The maximum atomic E-state index is 14.0. The SMILES string of the molecule is CN(c1ccc(OS(=O)(=O)c2ccc3c(c2)CCO3)cc1)S(=O)(=O)c1ccccc1F. The molecule has 1 aliphatic rings. The van der Waals surface area contributed by atoms with Gasteiger partial charge in [-0.1, -0.05) is 12.1 Å². The Morgan fingerprint density at radius 3 is 2.39 bits per heavy atom. The summed E-state index contributed by atoms with van der Waals surface area (Å²) in [6.45, 7) is 0.504. The van der Waals surface area contributed by atoms with E-state index in [0.29, 0.717) is 18.8 Å². The molecular weight excluding hydrogens is 445 g/mol. The minimum absolute atomic E-state index is 0.0000696. The smallest absolute Gasteiger partial charge is 0.339 e. The minimum atomic E-state index is -4.13. The van der Waals surface area contributed by atoms with Crippen LogP contribution in [-0.2, 0) is 26.6 Å². The number of anilines is 1. The second-order valence-corrected chi connectivity index (χ2v) is 10.3. The molecule has 1 heterocycles. The van der Waals surface area contributed by atoms with Crippen LogP contribution in [0.5, 0.6) is 11.5 Å². The van der Waals surface area contributed by atoms with Gasteiger partial charge in [-0.2, -0.15) is 8.42 Å². The molecule has 0 radical (unpaired) electrons. The molecular formula is C21H18FNO6S2. The first-order valence-electron chi connectivity index (χ1n) is 9.22. The van der Waals surface area contributed by atoms with Gasteiger partial charge in [0, 0.05) is 13.5 Å². The first kappa shape index (κ1) is 21.1. The van der Waals surface area contributed by atoms with E-state index in [4.69, 9.17) is 8.92 Å². The molecule has 0 spiro atoms. The Labute approximate surface area is 179 Å². The lowest BCUT2D eigenvalue weighted by atomic mass is 10.2. The standard InChI is InChI=1S/C21H18FNO6S2/c1-23(30(24,25)21-5-3-2-4-19(21)22)16-6-8-17(9-7-16)29-31(26,27)18-10-11-20-15(14-18)12-13-28-20/h2-11,14H,12-13H2,1H3. The number of hydrogen-bond donors (Lipinski definition) is 0. The van der Waals surface area contributed by atoms with Crippen molar-refractivity contribution in [3.63, 3.8) is 0 Å². The molecule has 3 aromatic rings. The fourth-order valence-corrected chi connectivity index (χ4v) is 5.39. The zero-order valence-corrected chi connectivity index (χ0v) is 18.0. The van der Waals surface area contributed by atoms with Gasteiger partial charge in [0.05, 0.1) is 12.3 Å². The van der Waals surface area contributed by atoms with Crippen LogP contribution < -0.4 is 13.2 Å². The van der Waals surface area contributed by atoms with Gasteiger partial charge in [-0.05, 0) is 60.2 Å². The summed E-state index contributed by atoms with van der Waals surface area (Å²) >= 11 is 0. The van der Waals surface area contributed by atoms with Gasteiger partial charge in [-0.3, -0.25) is 4.31 Å². The van der Waals surface area contributed by atoms with Crippen LogP contribution in [0.3, 0.4) is 0 Å². The molecule has 0 bridgehead atoms. The second-order valence-electron chi connectivity index (χ2n) is 6.80. The van der Waals surface area contributed by atoms with Crippen molar-refractivity contribution >= 4 is 25.8 Å². The molecule has 3 aromatic carbocycles. The average Bonchev–Trinajstić information content (AvgIpc) is 3.21. The Morgan fingerprint density at radius 1 is 0.968 bits per heavy atom. The fraction of sp³-hybridized carbons (Fsp3) is 0.143. The number of ether oxygens (including phenoxy) is 1. The summed E-state index contributed by atoms with van der Waals surface area (Å²) in [5.74, 6) is -0.195. The number of sulfonamides is 1. The lowest BCUT2D eigenvalue weighted by molar-refractivity contribution is 0.356. The Morgan fingerprint density at radius 2 is 1.68 bits per heavy atom. The number of nitrogens with zero attached hydrogens (tertiary/aromatic N) is 1. The molecule has 31 heavy (non-hydrogen) atoms. The Kier molecular flexibility index (Phi) is 5.36. The Hall–Kier alpha value is -3.11. The van der Waals surface area contributed by atoms with Crippen molar-refractivity contribution in [2.75, 3.05) is 18.0 Å². The summed E-state index contributed by atoms with van der Waals surface area (Å²) in [4.78, 5) is -0.457. The molecule has 10 heteroatoms. The molecule has 0 aliphatic carbocycles. The van der Waals surface area contributed by atoms with E-state index in [1.807, 2.05) is 0 Å². The third-order valence-corrected chi connectivity index (χ3v) is 7.89. The van der Waals surface area contributed by atoms with E-state index in [-0.39, 0.29) is 16.3 Å². The second kappa shape index (κ2) is 7.86. The van der Waals surface area contributed by atoms with E-state index in [2.05, 4.69) is 0 Å². The summed E-state index contributed by atoms with van der Waals surface area (Å²) in [6, 6.07) is 15.0. The van der Waals surface area contributed by atoms with Gasteiger partial charge < -0.3 is 8.92 Å². The van der Waals surface area contributed by atoms with Crippen LogP contribution in [0.25, 0.3) is 0 Å². The molecule has 1 aliphatic heterocycles. The highest BCUT2D eigenvalue weighted by Gasteiger charge is 2.25. The molecule has 0 aromatic heterocycles. The van der Waals surface area contributed by atoms with Crippen LogP contribution in [0, 0.1) is 5.82 Å². The maximum absolute atomic E-state index is 14.0. The van der Waals surface area contributed by atoms with Crippen molar-refractivity contribution in [1.29, 1.82) is 0 Å². The van der Waals surface area contributed by atoms with Crippen molar-refractivity contribution in [3.8, 4) is 11.5 Å². The van der Waals surface area contributed by atoms with Crippen LogP contribution in [0.1, 0.15) is 5.56 Å². The van der Waals surface area contributed by atoms with E-state index in [9.17, 15) is 21.2 Å². The molecule has 0 fully saturated rings. The highest BCUT2D eigenvalue weighted by molar-refractivity contribution is 7.92. The van der Waals surface area contributed by atoms with Crippen molar-refractivity contribution in [2.24, 2.45) is 0 Å². The molecule has 0 saturated heterocycles. The van der Waals surface area contributed by atoms with E-state index < -0.39 is 30.9 Å². The first-order chi connectivity index (χ1) is 14.7. The molecule has 0 saturated carbocycles. The van der Waals surface area contributed by atoms with Crippen LogP contribution in [0.2, 0.25) is 0 Å². The third kappa shape index (κ3) is 4.08. The van der Waals surface area contributed by atoms with Gasteiger partial charge >= 0.3 is 10.1 Å². The molecule has 0 N–H and O–H groups in total. The zero-order valence-electron chi connectivity index (χ0n) is 16.4. The minimum Gasteiger partial charge on any atom is -0.493 e. The lowest BCUT2D eigenvalue weighted by Gasteiger charge is -2.20. The number of benzene rings is 3. The Balaban J connectivity index is 1.55. The number of fused-ring (bicyclic) bond motifs is 1. The van der Waals surface area contributed by atoms with Gasteiger partial charge in [-0.15, -0.1) is 0 Å².